The molecule has 0 unspecified atom stereocenters. The number of nitrogens with one attached hydrogen (secondary N) is 1. The molecule has 2 aromatic rings. The first-order valence-electron chi connectivity index (χ1n) is 4.17. The van der Waals surface area contributed by atoms with Gasteiger partial charge in [-0.3, -0.25) is 5.10 Å². The first-order valence-corrected chi connectivity index (χ1v) is 4.17. The minimum Gasteiger partial charge on any atom is -0.324 e. The zero-order chi connectivity index (χ0) is 9.97. The molecule has 4 nitrogen and oxygen atoms in total. The number of rotatable bonds is 2. The van der Waals surface area contributed by atoms with Crippen molar-refractivity contribution in [2.24, 2.45) is 5.73 Å². The molecule has 0 fully saturated rings. The lowest BCUT2D eigenvalue weighted by Crippen LogP contribution is -1.98. The summed E-state index contributed by atoms with van der Waals surface area (Å²) in [6, 6.07) is 6.35. The third kappa shape index (κ3) is 1.49. The Morgan fingerprint density at radius 3 is 2.79 bits per heavy atom. The fraction of sp³-hybridized carbons (Fsp3) is 0.111. The Labute approximate surface area is 80.0 Å². The Balaban J connectivity index is 2.44. The van der Waals surface area contributed by atoms with E-state index in [1.165, 1.54) is 6.07 Å². The lowest BCUT2D eigenvalue weighted by Gasteiger charge is -1.95. The summed E-state index contributed by atoms with van der Waals surface area (Å²) in [6.07, 6.45) is 0. The fourth-order valence-corrected chi connectivity index (χ4v) is 1.15. The maximum Gasteiger partial charge on any atom is 0.184 e. The SMILES string of the molecule is NCc1nc(-c2ccccc2F)n[nH]1. The number of hydrogen-bond acceptors (Lipinski definition) is 3. The molecule has 0 aliphatic rings. The van der Waals surface area contributed by atoms with Crippen LogP contribution in [0.25, 0.3) is 11.4 Å². The number of halogens is 1. The van der Waals surface area contributed by atoms with Crippen molar-refractivity contribution in [3.8, 4) is 11.4 Å². The van der Waals surface area contributed by atoms with Crippen LogP contribution in [-0.2, 0) is 6.54 Å². The summed E-state index contributed by atoms with van der Waals surface area (Å²) >= 11 is 0. The van der Waals surface area contributed by atoms with Gasteiger partial charge in [0.1, 0.15) is 11.6 Å². The quantitative estimate of drug-likeness (QED) is 0.747. The predicted molar refractivity (Wildman–Crippen MR) is 49.7 cm³/mol. The van der Waals surface area contributed by atoms with E-state index in [-0.39, 0.29) is 12.4 Å². The van der Waals surface area contributed by atoms with Crippen LogP contribution in [0.2, 0.25) is 0 Å². The Morgan fingerprint density at radius 1 is 1.36 bits per heavy atom. The van der Waals surface area contributed by atoms with Gasteiger partial charge in [-0.1, -0.05) is 12.1 Å². The Hall–Kier alpha value is -1.75. The van der Waals surface area contributed by atoms with Gasteiger partial charge in [0.05, 0.1) is 12.1 Å². The molecule has 72 valence electrons. The predicted octanol–water partition coefficient (Wildman–Crippen LogP) is 1.07. The van der Waals surface area contributed by atoms with E-state index in [2.05, 4.69) is 15.2 Å². The molecule has 1 aromatic heterocycles. The molecule has 1 heterocycles. The van der Waals surface area contributed by atoms with Crippen molar-refractivity contribution in [3.63, 3.8) is 0 Å². The fourth-order valence-electron chi connectivity index (χ4n) is 1.15. The standard InChI is InChI=1S/C9H9FN4/c10-7-4-2-1-3-6(7)9-12-8(5-11)13-14-9/h1-4H,5,11H2,(H,12,13,14). The summed E-state index contributed by atoms with van der Waals surface area (Å²) in [7, 11) is 0. The number of nitrogens with zero attached hydrogens (tertiary/aromatic N) is 2. The van der Waals surface area contributed by atoms with Crippen molar-refractivity contribution in [2.75, 3.05) is 0 Å². The Morgan fingerprint density at radius 2 is 2.14 bits per heavy atom. The molecule has 0 aliphatic heterocycles. The number of H-pyrrole nitrogens is 1. The van der Waals surface area contributed by atoms with Crippen LogP contribution in [0.4, 0.5) is 4.39 Å². The lowest BCUT2D eigenvalue weighted by atomic mass is 10.2. The largest absolute Gasteiger partial charge is 0.324 e. The van der Waals surface area contributed by atoms with Crippen molar-refractivity contribution in [3.05, 3.63) is 35.9 Å². The van der Waals surface area contributed by atoms with Crippen molar-refractivity contribution in [1.82, 2.24) is 15.2 Å². The van der Waals surface area contributed by atoms with Gasteiger partial charge >= 0.3 is 0 Å². The normalized spacial score (nSPS) is 10.4. The van der Waals surface area contributed by atoms with Crippen LogP contribution in [0.5, 0.6) is 0 Å². The maximum atomic E-state index is 13.3. The van der Waals surface area contributed by atoms with Gasteiger partial charge in [0.15, 0.2) is 5.82 Å². The van der Waals surface area contributed by atoms with Crippen LogP contribution in [-0.4, -0.2) is 15.2 Å². The van der Waals surface area contributed by atoms with Gasteiger partial charge in [-0.05, 0) is 12.1 Å². The molecular weight excluding hydrogens is 183 g/mol. The highest BCUT2D eigenvalue weighted by Gasteiger charge is 2.08. The maximum absolute atomic E-state index is 13.3. The molecular formula is C9H9FN4. The molecule has 5 heteroatoms. The van der Waals surface area contributed by atoms with E-state index in [9.17, 15) is 4.39 Å². The van der Waals surface area contributed by atoms with E-state index in [4.69, 9.17) is 5.73 Å². The van der Waals surface area contributed by atoms with E-state index in [1.54, 1.807) is 18.2 Å². The third-order valence-corrected chi connectivity index (χ3v) is 1.84. The van der Waals surface area contributed by atoms with Crippen LogP contribution in [0.15, 0.2) is 24.3 Å². The molecule has 0 saturated carbocycles. The molecule has 0 spiro atoms. The molecule has 3 N–H and O–H groups in total. The first-order chi connectivity index (χ1) is 6.81. The van der Waals surface area contributed by atoms with E-state index < -0.39 is 0 Å². The van der Waals surface area contributed by atoms with E-state index >= 15 is 0 Å². The number of nitrogens with two attached hydrogens (primary N) is 1. The smallest absolute Gasteiger partial charge is 0.184 e. The highest BCUT2D eigenvalue weighted by Crippen LogP contribution is 2.17. The molecule has 14 heavy (non-hydrogen) atoms. The molecule has 0 saturated heterocycles. The summed E-state index contributed by atoms with van der Waals surface area (Å²) in [5.41, 5.74) is 5.73. The molecule has 0 aliphatic carbocycles. The van der Waals surface area contributed by atoms with Crippen molar-refractivity contribution >= 4 is 0 Å². The summed E-state index contributed by atoms with van der Waals surface area (Å²) in [6.45, 7) is 0.265. The summed E-state index contributed by atoms with van der Waals surface area (Å²) in [5, 5.41) is 6.49. The average Bonchev–Trinajstić information content (AvgIpc) is 2.67. The van der Waals surface area contributed by atoms with E-state index in [0.717, 1.165) is 0 Å². The minimum atomic E-state index is -0.338. The molecule has 2 rings (SSSR count). The zero-order valence-electron chi connectivity index (χ0n) is 7.37. The van der Waals surface area contributed by atoms with Crippen molar-refractivity contribution < 1.29 is 4.39 Å². The number of aromatic amines is 1. The monoisotopic (exact) mass is 192 g/mol. The van der Waals surface area contributed by atoms with E-state index in [0.29, 0.717) is 17.2 Å². The highest BCUT2D eigenvalue weighted by atomic mass is 19.1. The van der Waals surface area contributed by atoms with Gasteiger partial charge in [0.2, 0.25) is 0 Å². The van der Waals surface area contributed by atoms with Crippen LogP contribution in [0.1, 0.15) is 5.82 Å². The van der Waals surface area contributed by atoms with Crippen LogP contribution in [0.3, 0.4) is 0 Å². The topological polar surface area (TPSA) is 67.6 Å². The highest BCUT2D eigenvalue weighted by molar-refractivity contribution is 5.55. The summed E-state index contributed by atoms with van der Waals surface area (Å²) in [5.74, 6) is 0.543. The summed E-state index contributed by atoms with van der Waals surface area (Å²) in [4.78, 5) is 4.03. The second-order valence-electron chi connectivity index (χ2n) is 2.79. The molecule has 0 atom stereocenters. The van der Waals surface area contributed by atoms with Crippen LogP contribution in [0, 0.1) is 5.82 Å². The molecule has 1 aromatic carbocycles. The lowest BCUT2D eigenvalue weighted by molar-refractivity contribution is 0.630. The van der Waals surface area contributed by atoms with Crippen LogP contribution >= 0.6 is 0 Å². The first kappa shape index (κ1) is 8.83. The van der Waals surface area contributed by atoms with Gasteiger partial charge in [0.25, 0.3) is 0 Å². The van der Waals surface area contributed by atoms with Crippen LogP contribution < -0.4 is 5.73 Å². The van der Waals surface area contributed by atoms with Crippen molar-refractivity contribution in [2.45, 2.75) is 6.54 Å². The number of aromatic nitrogens is 3. The zero-order valence-corrected chi connectivity index (χ0v) is 7.37. The average molecular weight is 192 g/mol. The molecule has 0 amide bonds. The number of benzene rings is 1. The minimum absolute atomic E-state index is 0.265. The van der Waals surface area contributed by atoms with Gasteiger partial charge in [-0.15, -0.1) is 0 Å². The van der Waals surface area contributed by atoms with Gasteiger partial charge in [-0.2, -0.15) is 5.10 Å². The van der Waals surface area contributed by atoms with Crippen molar-refractivity contribution in [1.29, 1.82) is 0 Å². The second kappa shape index (κ2) is 3.55. The number of hydrogen-bond donors (Lipinski definition) is 2. The molecule has 0 radical (unpaired) electrons. The van der Waals surface area contributed by atoms with Gasteiger partial charge in [-0.25, -0.2) is 9.37 Å². The third-order valence-electron chi connectivity index (χ3n) is 1.84. The summed E-state index contributed by atoms with van der Waals surface area (Å²) < 4.78 is 13.3. The Bertz CT molecular complexity index is 438. The van der Waals surface area contributed by atoms with E-state index in [1.807, 2.05) is 0 Å². The second-order valence-corrected chi connectivity index (χ2v) is 2.79. The molecule has 0 bridgehead atoms. The van der Waals surface area contributed by atoms with Gasteiger partial charge < -0.3 is 5.73 Å². The van der Waals surface area contributed by atoms with Gasteiger partial charge in [0, 0.05) is 0 Å². The Kier molecular flexibility index (Phi) is 2.24.